The summed E-state index contributed by atoms with van der Waals surface area (Å²) in [6.45, 7) is 5.40. The second-order valence-electron chi connectivity index (χ2n) is 3.61. The summed E-state index contributed by atoms with van der Waals surface area (Å²) >= 11 is 0. The molecular formula is C9H15N3O. The SMILES string of the molecule is CC(Nc1cnccn1)C(C)(C)O. The van der Waals surface area contributed by atoms with Crippen molar-refractivity contribution in [3.63, 3.8) is 0 Å². The van der Waals surface area contributed by atoms with Gasteiger partial charge in [0.25, 0.3) is 0 Å². The van der Waals surface area contributed by atoms with Crippen LogP contribution in [-0.2, 0) is 0 Å². The van der Waals surface area contributed by atoms with Gasteiger partial charge < -0.3 is 10.4 Å². The van der Waals surface area contributed by atoms with Crippen LogP contribution in [0.5, 0.6) is 0 Å². The quantitative estimate of drug-likeness (QED) is 0.731. The molecule has 1 heterocycles. The first-order chi connectivity index (χ1) is 6.00. The summed E-state index contributed by atoms with van der Waals surface area (Å²) in [5, 5.41) is 12.7. The molecule has 1 unspecified atom stereocenters. The number of aliphatic hydroxyl groups is 1. The molecule has 72 valence electrons. The third kappa shape index (κ3) is 2.99. The van der Waals surface area contributed by atoms with Gasteiger partial charge in [-0.15, -0.1) is 0 Å². The fraction of sp³-hybridized carbons (Fsp3) is 0.556. The summed E-state index contributed by atoms with van der Waals surface area (Å²) in [6.07, 6.45) is 4.85. The second-order valence-corrected chi connectivity index (χ2v) is 3.61. The first-order valence-corrected chi connectivity index (χ1v) is 4.25. The molecule has 2 N–H and O–H groups in total. The van der Waals surface area contributed by atoms with Crippen LogP contribution in [-0.4, -0.2) is 26.7 Å². The van der Waals surface area contributed by atoms with Crippen molar-refractivity contribution in [2.24, 2.45) is 0 Å². The lowest BCUT2D eigenvalue weighted by molar-refractivity contribution is 0.0648. The van der Waals surface area contributed by atoms with Crippen molar-refractivity contribution >= 4 is 5.82 Å². The minimum atomic E-state index is -0.766. The van der Waals surface area contributed by atoms with Gasteiger partial charge in [-0.05, 0) is 20.8 Å². The third-order valence-electron chi connectivity index (χ3n) is 1.99. The molecule has 0 spiro atoms. The highest BCUT2D eigenvalue weighted by atomic mass is 16.3. The summed E-state index contributed by atoms with van der Waals surface area (Å²) in [7, 11) is 0. The molecule has 4 heteroatoms. The fourth-order valence-electron chi connectivity index (χ4n) is 0.772. The van der Waals surface area contributed by atoms with Gasteiger partial charge in [0.1, 0.15) is 5.82 Å². The van der Waals surface area contributed by atoms with Crippen LogP contribution < -0.4 is 5.32 Å². The molecular weight excluding hydrogens is 166 g/mol. The van der Waals surface area contributed by atoms with Crippen molar-refractivity contribution in [2.45, 2.75) is 32.4 Å². The van der Waals surface area contributed by atoms with Gasteiger partial charge in [0, 0.05) is 12.4 Å². The van der Waals surface area contributed by atoms with Crippen LogP contribution in [0.25, 0.3) is 0 Å². The Morgan fingerprint density at radius 3 is 2.62 bits per heavy atom. The zero-order chi connectivity index (χ0) is 9.90. The summed E-state index contributed by atoms with van der Waals surface area (Å²) in [5.41, 5.74) is -0.766. The maximum Gasteiger partial charge on any atom is 0.144 e. The lowest BCUT2D eigenvalue weighted by Gasteiger charge is -2.26. The molecule has 13 heavy (non-hydrogen) atoms. The van der Waals surface area contributed by atoms with Crippen LogP contribution in [0.1, 0.15) is 20.8 Å². The van der Waals surface area contributed by atoms with Gasteiger partial charge in [-0.25, -0.2) is 4.98 Å². The summed E-state index contributed by atoms with van der Waals surface area (Å²) in [4.78, 5) is 7.96. The molecule has 1 aromatic heterocycles. The number of nitrogens with zero attached hydrogens (tertiary/aromatic N) is 2. The number of nitrogens with one attached hydrogen (secondary N) is 1. The highest BCUT2D eigenvalue weighted by Gasteiger charge is 2.22. The molecule has 0 amide bonds. The smallest absolute Gasteiger partial charge is 0.144 e. The monoisotopic (exact) mass is 181 g/mol. The topological polar surface area (TPSA) is 58.0 Å². The minimum Gasteiger partial charge on any atom is -0.388 e. The van der Waals surface area contributed by atoms with Gasteiger partial charge in [0.15, 0.2) is 0 Å². The predicted octanol–water partition coefficient (Wildman–Crippen LogP) is 1.05. The lowest BCUT2D eigenvalue weighted by atomic mass is 10.0. The maximum atomic E-state index is 9.64. The molecule has 0 saturated carbocycles. The predicted molar refractivity (Wildman–Crippen MR) is 51.4 cm³/mol. The van der Waals surface area contributed by atoms with Crippen molar-refractivity contribution < 1.29 is 5.11 Å². The van der Waals surface area contributed by atoms with Crippen molar-refractivity contribution in [2.75, 3.05) is 5.32 Å². The van der Waals surface area contributed by atoms with Crippen LogP contribution in [0.2, 0.25) is 0 Å². The first-order valence-electron chi connectivity index (χ1n) is 4.25. The van der Waals surface area contributed by atoms with Gasteiger partial charge in [0.05, 0.1) is 17.8 Å². The zero-order valence-corrected chi connectivity index (χ0v) is 8.15. The average molecular weight is 181 g/mol. The minimum absolute atomic E-state index is 0.0656. The zero-order valence-electron chi connectivity index (χ0n) is 8.15. The fourth-order valence-corrected chi connectivity index (χ4v) is 0.772. The Balaban J connectivity index is 2.61. The number of anilines is 1. The summed E-state index contributed by atoms with van der Waals surface area (Å²) in [5.74, 6) is 0.678. The van der Waals surface area contributed by atoms with E-state index in [1.807, 2.05) is 6.92 Å². The van der Waals surface area contributed by atoms with Gasteiger partial charge in [-0.3, -0.25) is 4.98 Å². The molecule has 0 saturated heterocycles. The lowest BCUT2D eigenvalue weighted by Crippen LogP contribution is -2.39. The molecule has 0 radical (unpaired) electrons. The Morgan fingerprint density at radius 2 is 2.15 bits per heavy atom. The maximum absolute atomic E-state index is 9.64. The van der Waals surface area contributed by atoms with E-state index in [9.17, 15) is 5.11 Å². The van der Waals surface area contributed by atoms with E-state index in [4.69, 9.17) is 0 Å². The standard InChI is InChI=1S/C9H15N3O/c1-7(9(2,3)13)12-8-6-10-4-5-11-8/h4-7,13H,1-3H3,(H,11,12). The highest BCUT2D eigenvalue weighted by Crippen LogP contribution is 2.12. The van der Waals surface area contributed by atoms with Crippen LogP contribution in [0.15, 0.2) is 18.6 Å². The number of hydrogen-bond acceptors (Lipinski definition) is 4. The van der Waals surface area contributed by atoms with E-state index in [2.05, 4.69) is 15.3 Å². The molecule has 0 bridgehead atoms. The molecule has 1 rings (SSSR count). The number of aromatic nitrogens is 2. The van der Waals surface area contributed by atoms with Crippen molar-refractivity contribution in [3.05, 3.63) is 18.6 Å². The summed E-state index contributed by atoms with van der Waals surface area (Å²) in [6, 6.07) is -0.0656. The van der Waals surface area contributed by atoms with Crippen molar-refractivity contribution in [1.82, 2.24) is 9.97 Å². The van der Waals surface area contributed by atoms with Crippen LogP contribution in [0, 0.1) is 0 Å². The van der Waals surface area contributed by atoms with Gasteiger partial charge >= 0.3 is 0 Å². The Kier molecular flexibility index (Phi) is 2.83. The molecule has 0 fully saturated rings. The van der Waals surface area contributed by atoms with E-state index < -0.39 is 5.60 Å². The molecule has 1 aromatic rings. The van der Waals surface area contributed by atoms with Gasteiger partial charge in [-0.1, -0.05) is 0 Å². The third-order valence-corrected chi connectivity index (χ3v) is 1.99. The largest absolute Gasteiger partial charge is 0.388 e. The van der Waals surface area contributed by atoms with E-state index in [1.165, 1.54) is 0 Å². The van der Waals surface area contributed by atoms with E-state index in [0.29, 0.717) is 5.82 Å². The normalized spacial score (nSPS) is 13.8. The van der Waals surface area contributed by atoms with E-state index in [1.54, 1.807) is 32.4 Å². The molecule has 0 aliphatic rings. The molecule has 1 atom stereocenters. The number of hydrogen-bond donors (Lipinski definition) is 2. The Morgan fingerprint density at radius 1 is 1.46 bits per heavy atom. The van der Waals surface area contributed by atoms with Crippen LogP contribution >= 0.6 is 0 Å². The molecule has 0 aliphatic heterocycles. The number of rotatable bonds is 3. The van der Waals surface area contributed by atoms with Gasteiger partial charge in [0.2, 0.25) is 0 Å². The van der Waals surface area contributed by atoms with Crippen LogP contribution in [0.3, 0.4) is 0 Å². The van der Waals surface area contributed by atoms with E-state index in [0.717, 1.165) is 0 Å². The van der Waals surface area contributed by atoms with Crippen molar-refractivity contribution in [1.29, 1.82) is 0 Å². The molecule has 4 nitrogen and oxygen atoms in total. The first kappa shape index (κ1) is 9.92. The Labute approximate surface area is 78.0 Å². The molecule has 0 aliphatic carbocycles. The van der Waals surface area contributed by atoms with E-state index >= 15 is 0 Å². The molecule has 0 aromatic carbocycles. The van der Waals surface area contributed by atoms with E-state index in [-0.39, 0.29) is 6.04 Å². The Hall–Kier alpha value is -1.16. The average Bonchev–Trinajstić information content (AvgIpc) is 2.04. The van der Waals surface area contributed by atoms with Gasteiger partial charge in [-0.2, -0.15) is 0 Å². The van der Waals surface area contributed by atoms with Crippen molar-refractivity contribution in [3.8, 4) is 0 Å². The summed E-state index contributed by atoms with van der Waals surface area (Å²) < 4.78 is 0. The Bertz CT molecular complexity index is 255. The second kappa shape index (κ2) is 3.70. The highest BCUT2D eigenvalue weighted by molar-refractivity contribution is 5.32. The van der Waals surface area contributed by atoms with Crippen LogP contribution in [0.4, 0.5) is 5.82 Å².